The maximum atomic E-state index is 12.8. The van der Waals surface area contributed by atoms with Gasteiger partial charge in [0.1, 0.15) is 0 Å². The van der Waals surface area contributed by atoms with Crippen LogP contribution in [0.5, 0.6) is 0 Å². The van der Waals surface area contributed by atoms with E-state index in [0.29, 0.717) is 0 Å². The van der Waals surface area contributed by atoms with Crippen molar-refractivity contribution in [2.75, 3.05) is 0 Å². The van der Waals surface area contributed by atoms with Crippen LogP contribution < -0.4 is 0 Å². The molecule has 0 aliphatic carbocycles. The van der Waals surface area contributed by atoms with Gasteiger partial charge in [-0.2, -0.15) is 0 Å². The Morgan fingerprint density at radius 1 is 0.917 bits per heavy atom. The topological polar surface area (TPSA) is 43.4 Å². The van der Waals surface area contributed by atoms with Crippen molar-refractivity contribution in [3.05, 3.63) is 83.6 Å². The first-order valence-electron chi connectivity index (χ1n) is 7.28. The van der Waals surface area contributed by atoms with Gasteiger partial charge in [0.2, 0.25) is 0 Å². The van der Waals surface area contributed by atoms with Crippen molar-refractivity contribution in [3.63, 3.8) is 0 Å². The molecule has 0 saturated heterocycles. The van der Waals surface area contributed by atoms with Crippen LogP contribution in [-0.4, -0.2) is 8.42 Å². The molecule has 0 unspecified atom stereocenters. The SMILES string of the molecule is Cc1ccc(S(=O)(=O)OI(c2ccccc2)c2sccc2C)cc1. The molecule has 1 aromatic heterocycles. The van der Waals surface area contributed by atoms with Gasteiger partial charge in [-0.25, -0.2) is 0 Å². The number of hydrogen-bond donors (Lipinski definition) is 0. The van der Waals surface area contributed by atoms with Crippen molar-refractivity contribution in [3.8, 4) is 0 Å². The summed E-state index contributed by atoms with van der Waals surface area (Å²) in [5.41, 5.74) is 2.11. The van der Waals surface area contributed by atoms with E-state index in [2.05, 4.69) is 0 Å². The fourth-order valence-electron chi connectivity index (χ4n) is 2.05. The predicted molar refractivity (Wildman–Crippen MR) is 106 cm³/mol. The molecular formula is C18H17IO3S2. The Hall–Kier alpha value is -1.22. The number of rotatable bonds is 5. The van der Waals surface area contributed by atoms with Crippen molar-refractivity contribution in [2.24, 2.45) is 0 Å². The van der Waals surface area contributed by atoms with Crippen LogP contribution in [0, 0.1) is 20.3 Å². The molecule has 3 nitrogen and oxygen atoms in total. The molecule has 24 heavy (non-hydrogen) atoms. The molecule has 0 bridgehead atoms. The van der Waals surface area contributed by atoms with E-state index in [1.165, 1.54) is 0 Å². The van der Waals surface area contributed by atoms with Gasteiger partial charge in [-0.05, 0) is 0 Å². The normalized spacial score (nSPS) is 12.2. The van der Waals surface area contributed by atoms with Crippen LogP contribution in [0.3, 0.4) is 0 Å². The monoisotopic (exact) mass is 472 g/mol. The molecule has 1 heterocycles. The minimum absolute atomic E-state index is 0.209. The third kappa shape index (κ3) is 3.88. The van der Waals surface area contributed by atoms with E-state index < -0.39 is 30.4 Å². The van der Waals surface area contributed by atoms with Gasteiger partial charge in [-0.15, -0.1) is 0 Å². The third-order valence-electron chi connectivity index (χ3n) is 3.34. The molecule has 0 aliphatic rings. The first-order valence-corrected chi connectivity index (χ1v) is 12.6. The van der Waals surface area contributed by atoms with Crippen LogP contribution >= 0.6 is 31.6 Å². The molecule has 0 N–H and O–H groups in total. The molecule has 0 atom stereocenters. The molecule has 6 heteroatoms. The summed E-state index contributed by atoms with van der Waals surface area (Å²) in [6.07, 6.45) is 0. The van der Waals surface area contributed by atoms with Crippen molar-refractivity contribution >= 4 is 41.7 Å². The summed E-state index contributed by atoms with van der Waals surface area (Å²) in [7, 11) is -3.79. The molecule has 0 amide bonds. The van der Waals surface area contributed by atoms with Gasteiger partial charge in [-0.3, -0.25) is 0 Å². The second-order valence-corrected chi connectivity index (χ2v) is 13.2. The summed E-state index contributed by atoms with van der Waals surface area (Å²) >= 11 is -0.961. The zero-order valence-electron chi connectivity index (χ0n) is 13.3. The minimum atomic E-state index is -3.79. The van der Waals surface area contributed by atoms with Gasteiger partial charge < -0.3 is 0 Å². The van der Waals surface area contributed by atoms with E-state index in [9.17, 15) is 8.42 Å². The van der Waals surface area contributed by atoms with E-state index in [-0.39, 0.29) is 4.90 Å². The molecule has 0 fully saturated rings. The molecule has 2 aromatic carbocycles. The zero-order chi connectivity index (χ0) is 17.2. The van der Waals surface area contributed by atoms with Crippen molar-refractivity contribution in [2.45, 2.75) is 18.7 Å². The van der Waals surface area contributed by atoms with Gasteiger partial charge in [0.05, 0.1) is 0 Å². The number of aryl methyl sites for hydroxylation is 2. The fourth-order valence-corrected chi connectivity index (χ4v) is 11.6. The molecule has 0 saturated carbocycles. The Morgan fingerprint density at radius 3 is 2.17 bits per heavy atom. The molecule has 0 aliphatic heterocycles. The van der Waals surface area contributed by atoms with Gasteiger partial charge in [-0.1, -0.05) is 0 Å². The first kappa shape index (κ1) is 17.6. The summed E-state index contributed by atoms with van der Waals surface area (Å²) in [4.78, 5) is 0.209. The molecule has 0 spiro atoms. The van der Waals surface area contributed by atoms with Crippen LogP contribution in [-0.2, 0) is 12.6 Å². The quantitative estimate of drug-likeness (QED) is 0.478. The Morgan fingerprint density at radius 2 is 1.58 bits per heavy atom. The van der Waals surface area contributed by atoms with E-state index in [0.717, 1.165) is 17.6 Å². The molecular weight excluding hydrogens is 455 g/mol. The maximum absolute atomic E-state index is 12.8. The molecule has 3 rings (SSSR count). The zero-order valence-corrected chi connectivity index (χ0v) is 17.1. The van der Waals surface area contributed by atoms with Crippen LogP contribution in [0.15, 0.2) is 70.9 Å². The second-order valence-electron chi connectivity index (χ2n) is 5.25. The first-order chi connectivity index (χ1) is 11.5. The second kappa shape index (κ2) is 7.35. The summed E-state index contributed by atoms with van der Waals surface area (Å²) in [6.45, 7) is 3.93. The molecule has 0 radical (unpaired) electrons. The Kier molecular flexibility index (Phi) is 5.39. The van der Waals surface area contributed by atoms with E-state index in [1.807, 2.05) is 55.6 Å². The van der Waals surface area contributed by atoms with E-state index in [4.69, 9.17) is 2.51 Å². The number of halogens is 1. The number of hydrogen-bond acceptors (Lipinski definition) is 4. The Labute approximate surface area is 154 Å². The summed E-state index contributed by atoms with van der Waals surface area (Å²) in [5.74, 6) is 0. The van der Waals surface area contributed by atoms with Crippen LogP contribution in [0.2, 0.25) is 0 Å². The van der Waals surface area contributed by atoms with Gasteiger partial charge >= 0.3 is 155 Å². The van der Waals surface area contributed by atoms with E-state index >= 15 is 0 Å². The van der Waals surface area contributed by atoms with Gasteiger partial charge in [0, 0.05) is 0 Å². The van der Waals surface area contributed by atoms with Gasteiger partial charge in [0.15, 0.2) is 0 Å². The summed E-state index contributed by atoms with van der Waals surface area (Å²) < 4.78 is 33.4. The van der Waals surface area contributed by atoms with Crippen LogP contribution in [0.25, 0.3) is 0 Å². The van der Waals surface area contributed by atoms with Crippen LogP contribution in [0.1, 0.15) is 11.1 Å². The standard InChI is InChI=1S/C18H17IO3S2/c1-14-8-10-17(11-9-14)24(20,21)22-19(16-6-4-3-5-7-16)18-15(2)12-13-23-18/h3-13H,1-2H3. The Balaban J connectivity index is 2.01. The predicted octanol–water partition coefficient (Wildman–Crippen LogP) is 5.23. The molecule has 126 valence electrons. The number of thiophene rings is 1. The summed E-state index contributed by atoms with van der Waals surface area (Å²) in [5, 5.41) is 1.99. The fraction of sp³-hybridized carbons (Fsp3) is 0.111. The van der Waals surface area contributed by atoms with Gasteiger partial charge in [0.25, 0.3) is 0 Å². The van der Waals surface area contributed by atoms with Crippen molar-refractivity contribution in [1.29, 1.82) is 0 Å². The van der Waals surface area contributed by atoms with Crippen molar-refractivity contribution < 1.29 is 10.9 Å². The number of benzene rings is 2. The van der Waals surface area contributed by atoms with Crippen LogP contribution in [0.4, 0.5) is 0 Å². The van der Waals surface area contributed by atoms with E-state index in [1.54, 1.807) is 35.6 Å². The Bertz CT molecular complexity index is 916. The summed E-state index contributed by atoms with van der Waals surface area (Å²) in [6, 6.07) is 18.5. The van der Waals surface area contributed by atoms with Crippen molar-refractivity contribution in [1.82, 2.24) is 0 Å². The average molecular weight is 472 g/mol. The average Bonchev–Trinajstić information content (AvgIpc) is 3.00. The third-order valence-corrected chi connectivity index (χ3v) is 13.1. The molecule has 3 aromatic rings.